The first-order valence-corrected chi connectivity index (χ1v) is 13.1. The summed E-state index contributed by atoms with van der Waals surface area (Å²) in [4.78, 5) is 77.3. The van der Waals surface area contributed by atoms with E-state index < -0.39 is 41.4 Å². The van der Waals surface area contributed by atoms with Crippen LogP contribution in [0.4, 0.5) is 5.69 Å². The zero-order chi connectivity index (χ0) is 27.9. The lowest BCUT2D eigenvalue weighted by Gasteiger charge is -2.35. The molecule has 0 saturated carbocycles. The van der Waals surface area contributed by atoms with Gasteiger partial charge in [0.2, 0.25) is 29.5 Å². The van der Waals surface area contributed by atoms with Crippen LogP contribution in [-0.2, 0) is 35.2 Å². The van der Waals surface area contributed by atoms with E-state index in [0.717, 1.165) is 11.8 Å². The molecule has 2 aliphatic rings. The third-order valence-electron chi connectivity index (χ3n) is 7.21. The summed E-state index contributed by atoms with van der Waals surface area (Å²) in [7, 11) is 0. The highest BCUT2D eigenvalue weighted by Crippen LogP contribution is 2.22. The van der Waals surface area contributed by atoms with E-state index in [0.29, 0.717) is 31.5 Å². The number of nitrogens with zero attached hydrogens (tertiary/aromatic N) is 1. The first kappa shape index (κ1) is 28.8. The summed E-state index contributed by atoms with van der Waals surface area (Å²) >= 11 is 0. The van der Waals surface area contributed by atoms with Crippen molar-refractivity contribution in [2.24, 2.45) is 0 Å². The summed E-state index contributed by atoms with van der Waals surface area (Å²) in [5.41, 5.74) is 0.0281. The molecule has 38 heavy (non-hydrogen) atoms. The molecule has 206 valence electrons. The van der Waals surface area contributed by atoms with Gasteiger partial charge in [-0.1, -0.05) is 19.1 Å². The van der Waals surface area contributed by atoms with Gasteiger partial charge in [0.25, 0.3) is 0 Å². The number of nitrogens with one attached hydrogen (secondary N) is 4. The molecular weight excluding hydrogens is 490 g/mol. The zero-order valence-electron chi connectivity index (χ0n) is 22.2. The Labute approximate surface area is 222 Å². The van der Waals surface area contributed by atoms with Gasteiger partial charge in [0.1, 0.15) is 30.0 Å². The maximum absolute atomic E-state index is 13.8. The molecule has 2 heterocycles. The van der Waals surface area contributed by atoms with Crippen molar-refractivity contribution in [2.75, 3.05) is 11.9 Å². The Morgan fingerprint density at radius 2 is 1.82 bits per heavy atom. The second-order valence-electron chi connectivity index (χ2n) is 10.1. The fraction of sp³-hybridized carbons (Fsp3) is 0.556. The van der Waals surface area contributed by atoms with Gasteiger partial charge in [0.05, 0.1) is 0 Å². The van der Waals surface area contributed by atoms with Gasteiger partial charge in [-0.05, 0) is 56.7 Å². The summed E-state index contributed by atoms with van der Waals surface area (Å²) in [5.74, 6) is -2.01. The molecule has 0 aromatic heterocycles. The Morgan fingerprint density at radius 1 is 1.11 bits per heavy atom. The van der Waals surface area contributed by atoms with Crippen LogP contribution in [0.25, 0.3) is 0 Å². The van der Waals surface area contributed by atoms with Gasteiger partial charge >= 0.3 is 0 Å². The molecule has 11 heteroatoms. The highest BCUT2D eigenvalue weighted by atomic mass is 16.2. The molecule has 0 unspecified atom stereocenters. The number of unbranched alkanes of at least 4 members (excludes halogenated alkanes) is 1. The van der Waals surface area contributed by atoms with Crippen molar-refractivity contribution in [3.8, 4) is 0 Å². The van der Waals surface area contributed by atoms with Crippen molar-refractivity contribution < 1.29 is 28.8 Å². The molecule has 1 aromatic rings. The van der Waals surface area contributed by atoms with Gasteiger partial charge in [0, 0.05) is 32.0 Å². The normalized spacial score (nSPS) is 26.3. The molecule has 0 bridgehead atoms. The molecule has 2 saturated heterocycles. The standard InChI is InChI=1S/C27H37N5O6/c1-4-27(3)26(38)30-21(16-18-10-12-19(13-11-18)28-17(2)34)25(37)32-14-7-9-22(32)24(36)29-20(23(35)31-27)8-5-6-15-33/h10-13,15,20-22H,4-9,14,16H2,1-3H3,(H,28,34)(H,29,36)(H,30,38)(H,31,35)/t20-,21-,22+,27-/m0/s1. The average molecular weight is 528 g/mol. The SMILES string of the molecule is CC[C@]1(C)NC(=O)[C@H](CCCC=O)NC(=O)[C@H]2CCCN2C(=O)[C@H](Cc2ccc(NC(C)=O)cc2)NC1=O. The van der Waals surface area contributed by atoms with Gasteiger partial charge < -0.3 is 31.0 Å². The maximum atomic E-state index is 13.8. The number of hydrogen-bond donors (Lipinski definition) is 4. The van der Waals surface area contributed by atoms with Crippen LogP contribution in [0.2, 0.25) is 0 Å². The van der Waals surface area contributed by atoms with Crippen LogP contribution in [0.15, 0.2) is 24.3 Å². The topological polar surface area (TPSA) is 154 Å². The molecular formula is C27H37N5O6. The number of aldehydes is 1. The van der Waals surface area contributed by atoms with Crippen LogP contribution in [-0.4, -0.2) is 70.9 Å². The Bertz CT molecular complexity index is 1070. The summed E-state index contributed by atoms with van der Waals surface area (Å²) in [5, 5.41) is 11.1. The molecule has 1 aromatic carbocycles. The van der Waals surface area contributed by atoms with Crippen LogP contribution in [0.3, 0.4) is 0 Å². The van der Waals surface area contributed by atoms with E-state index in [1.807, 2.05) is 0 Å². The molecule has 3 rings (SSSR count). The monoisotopic (exact) mass is 527 g/mol. The molecule has 11 nitrogen and oxygen atoms in total. The zero-order valence-corrected chi connectivity index (χ0v) is 22.2. The molecule has 0 aliphatic carbocycles. The number of benzene rings is 1. The number of carbonyl (C=O) groups excluding carboxylic acids is 6. The van der Waals surface area contributed by atoms with E-state index in [4.69, 9.17) is 0 Å². The minimum Gasteiger partial charge on any atom is -0.343 e. The van der Waals surface area contributed by atoms with Gasteiger partial charge in [-0.2, -0.15) is 0 Å². The molecule has 2 fully saturated rings. The number of amides is 5. The number of fused-ring (bicyclic) bond motifs is 1. The maximum Gasteiger partial charge on any atom is 0.246 e. The second kappa shape index (κ2) is 12.7. The van der Waals surface area contributed by atoms with Gasteiger partial charge in [0.15, 0.2) is 0 Å². The number of carbonyl (C=O) groups is 6. The largest absolute Gasteiger partial charge is 0.343 e. The minimum absolute atomic E-state index is 0.165. The Morgan fingerprint density at radius 3 is 2.45 bits per heavy atom. The third kappa shape index (κ3) is 6.96. The third-order valence-corrected chi connectivity index (χ3v) is 7.21. The first-order chi connectivity index (χ1) is 18.1. The van der Waals surface area contributed by atoms with E-state index in [-0.39, 0.29) is 37.5 Å². The fourth-order valence-corrected chi connectivity index (χ4v) is 4.79. The lowest BCUT2D eigenvalue weighted by molar-refractivity contribution is -0.144. The lowest BCUT2D eigenvalue weighted by Crippen LogP contribution is -2.65. The van der Waals surface area contributed by atoms with Gasteiger partial charge in [-0.3, -0.25) is 24.0 Å². The average Bonchev–Trinajstić information content (AvgIpc) is 3.37. The Kier molecular flexibility index (Phi) is 9.60. The Hall–Kier alpha value is -3.76. The van der Waals surface area contributed by atoms with Crippen molar-refractivity contribution in [1.82, 2.24) is 20.9 Å². The molecule has 5 amide bonds. The van der Waals surface area contributed by atoms with Crippen molar-refractivity contribution >= 4 is 41.5 Å². The molecule has 4 atom stereocenters. The van der Waals surface area contributed by atoms with E-state index in [9.17, 15) is 28.8 Å². The van der Waals surface area contributed by atoms with Crippen LogP contribution in [0, 0.1) is 0 Å². The van der Waals surface area contributed by atoms with Crippen LogP contribution in [0.1, 0.15) is 64.9 Å². The van der Waals surface area contributed by atoms with Crippen LogP contribution >= 0.6 is 0 Å². The number of rotatable bonds is 8. The van der Waals surface area contributed by atoms with Crippen LogP contribution < -0.4 is 21.3 Å². The Balaban J connectivity index is 1.92. The van der Waals surface area contributed by atoms with Crippen molar-refractivity contribution in [3.63, 3.8) is 0 Å². The number of hydrogen-bond acceptors (Lipinski definition) is 6. The number of anilines is 1. The van der Waals surface area contributed by atoms with E-state index in [2.05, 4.69) is 21.3 Å². The van der Waals surface area contributed by atoms with Crippen molar-refractivity contribution in [2.45, 2.75) is 89.4 Å². The fourth-order valence-electron chi connectivity index (χ4n) is 4.79. The lowest BCUT2D eigenvalue weighted by atomic mass is 9.94. The van der Waals surface area contributed by atoms with Gasteiger partial charge in [-0.25, -0.2) is 0 Å². The summed E-state index contributed by atoms with van der Waals surface area (Å²) < 4.78 is 0. The first-order valence-electron chi connectivity index (χ1n) is 13.1. The molecule has 0 radical (unpaired) electrons. The summed E-state index contributed by atoms with van der Waals surface area (Å²) in [6.07, 6.45) is 3.10. The molecule has 0 spiro atoms. The predicted octanol–water partition coefficient (Wildman–Crippen LogP) is 0.816. The predicted molar refractivity (Wildman–Crippen MR) is 140 cm³/mol. The summed E-state index contributed by atoms with van der Waals surface area (Å²) in [6, 6.07) is 4.29. The minimum atomic E-state index is -1.33. The highest BCUT2D eigenvalue weighted by molar-refractivity contribution is 5.99. The van der Waals surface area contributed by atoms with Crippen molar-refractivity contribution in [1.29, 1.82) is 0 Å². The smallest absolute Gasteiger partial charge is 0.246 e. The quantitative estimate of drug-likeness (QED) is 0.290. The van der Waals surface area contributed by atoms with Gasteiger partial charge in [-0.15, -0.1) is 0 Å². The highest BCUT2D eigenvalue weighted by Gasteiger charge is 2.43. The van der Waals surface area contributed by atoms with E-state index in [1.54, 1.807) is 38.1 Å². The van der Waals surface area contributed by atoms with E-state index >= 15 is 0 Å². The van der Waals surface area contributed by atoms with E-state index in [1.165, 1.54) is 11.8 Å². The summed E-state index contributed by atoms with van der Waals surface area (Å²) in [6.45, 7) is 5.10. The second-order valence-corrected chi connectivity index (χ2v) is 10.1. The van der Waals surface area contributed by atoms with Crippen molar-refractivity contribution in [3.05, 3.63) is 29.8 Å². The van der Waals surface area contributed by atoms with Crippen LogP contribution in [0.5, 0.6) is 0 Å². The molecule has 4 N–H and O–H groups in total. The molecule has 2 aliphatic heterocycles.